The summed E-state index contributed by atoms with van der Waals surface area (Å²) in [6.07, 6.45) is 11.0. The number of methoxy groups -OCH3 is 3. The molecule has 0 unspecified atom stereocenters. The van der Waals surface area contributed by atoms with Gasteiger partial charge in [0.05, 0.1) is 90.1 Å². The molecule has 0 spiro atoms. The molecule has 9 heterocycles. The van der Waals surface area contributed by atoms with E-state index in [0.717, 1.165) is 30.4 Å². The Hall–Kier alpha value is -9.12. The molecule has 564 valence electrons. The Labute approximate surface area is 640 Å². The zero-order chi connectivity index (χ0) is 76.6. The maximum atomic E-state index is 14.5. The van der Waals surface area contributed by atoms with Crippen molar-refractivity contribution in [3.05, 3.63) is 222 Å². The summed E-state index contributed by atoms with van der Waals surface area (Å²) in [6, 6.07) is 6.18. The minimum Gasteiger partial charge on any atom is -0.478 e. The van der Waals surface area contributed by atoms with Gasteiger partial charge in [0, 0.05) is 135 Å². The van der Waals surface area contributed by atoms with E-state index >= 15 is 0 Å². The lowest BCUT2D eigenvalue weighted by Gasteiger charge is -2.34. The highest BCUT2D eigenvalue weighted by atomic mass is 79.9. The number of aliphatic imine (C=N–C) groups is 3. The molecule has 3 aromatic carbocycles. The fourth-order valence-corrected chi connectivity index (χ4v) is 14.7. The number of rotatable bonds is 21. The van der Waals surface area contributed by atoms with Crippen LogP contribution in [0.15, 0.2) is 171 Å². The van der Waals surface area contributed by atoms with Crippen molar-refractivity contribution < 1.29 is 94.5 Å². The lowest BCUT2D eigenvalue weighted by Crippen LogP contribution is -2.46. The average Bonchev–Trinajstić information content (AvgIpc) is 1.54. The van der Waals surface area contributed by atoms with Crippen molar-refractivity contribution in [3.63, 3.8) is 0 Å². The Kier molecular flexibility index (Phi) is 28.3. The number of morpholine rings is 3. The standard InChI is InChI=1S/C23H21BrF2N4O5S.C23H22BrFN4O5S.C23H21ClF2N4O5S/c1-34-23(33)17-15(11-30-7-8-35-12(10-30)2-5-16(31)32)28-21(22-27-6-9-36-22)29-20(17)13-3-4-14(25)19(26)18(13)24;1-33-23(32)18-16(12-29-8-9-34-13(11-29)5-6-17(30)31)27-21(22-26-7-10-35-22)28-20(18)14-3-2-4-15(25)19(14)24;1-34-23(33)17-15(11-30-7-8-35-12(10-30)2-5-16(31)32)28-21(22-27-6-9-36-22)29-20(17)13-3-4-14(25)19(26)18(13)24/h2-6,9,12,20H,7-8,10-11H2,1H3,(H,28,29)(H,31,32);2-7,10,13,20H,8-9,11-12H2,1H3,(H,27,28)(H,30,31);2-6,9,12,20H,7-8,10-11H2,1H3,(H,28,29)(H,31,32)/b5-2+;6-5+;5-2+/t12-,20+;13-,20+;12-,20+/m111/s1. The Morgan fingerprint density at radius 2 is 0.860 bits per heavy atom. The molecule has 38 heteroatoms. The summed E-state index contributed by atoms with van der Waals surface area (Å²) < 4.78 is 103. The third-order valence-electron chi connectivity index (χ3n) is 16.5. The second-order valence-corrected chi connectivity index (χ2v) is 28.0. The second-order valence-electron chi connectivity index (χ2n) is 23.4. The van der Waals surface area contributed by atoms with E-state index in [1.165, 1.54) is 91.8 Å². The highest BCUT2D eigenvalue weighted by molar-refractivity contribution is 9.10. The molecule has 107 heavy (non-hydrogen) atoms. The van der Waals surface area contributed by atoms with Gasteiger partial charge in [-0.2, -0.15) is 0 Å². The van der Waals surface area contributed by atoms with Gasteiger partial charge >= 0.3 is 35.8 Å². The van der Waals surface area contributed by atoms with Crippen LogP contribution in [0, 0.1) is 29.1 Å². The Morgan fingerprint density at radius 1 is 0.514 bits per heavy atom. The molecule has 6 atom stereocenters. The maximum absolute atomic E-state index is 14.5. The van der Waals surface area contributed by atoms with Gasteiger partial charge in [-0.3, -0.25) is 29.7 Å². The molecule has 6 aliphatic heterocycles. The lowest BCUT2D eigenvalue weighted by molar-refractivity contribution is -0.137. The van der Waals surface area contributed by atoms with Crippen LogP contribution in [0.25, 0.3) is 0 Å². The van der Waals surface area contributed by atoms with Crippen LogP contribution in [0.5, 0.6) is 0 Å². The van der Waals surface area contributed by atoms with Gasteiger partial charge < -0.3 is 59.7 Å². The van der Waals surface area contributed by atoms with Crippen LogP contribution in [0.4, 0.5) is 22.0 Å². The van der Waals surface area contributed by atoms with Crippen molar-refractivity contribution in [2.24, 2.45) is 15.0 Å². The smallest absolute Gasteiger partial charge is 0.338 e. The Bertz CT molecular complexity index is 4420. The zero-order valence-corrected chi connectivity index (χ0v) is 62.8. The maximum Gasteiger partial charge on any atom is 0.338 e. The van der Waals surface area contributed by atoms with E-state index in [1.54, 1.807) is 41.5 Å². The lowest BCUT2D eigenvalue weighted by atomic mass is 9.95. The summed E-state index contributed by atoms with van der Waals surface area (Å²) in [6.45, 7) is 4.52. The van der Waals surface area contributed by atoms with Crippen LogP contribution < -0.4 is 16.0 Å². The summed E-state index contributed by atoms with van der Waals surface area (Å²) in [4.78, 5) is 104. The van der Waals surface area contributed by atoms with E-state index in [0.29, 0.717) is 121 Å². The minimum absolute atomic E-state index is 0.0786. The van der Waals surface area contributed by atoms with Crippen molar-refractivity contribution in [2.45, 2.75) is 36.4 Å². The predicted octanol–water partition coefficient (Wildman–Crippen LogP) is 8.88. The number of nitrogens with one attached hydrogen (secondary N) is 3. The number of nitrogens with zero attached hydrogens (tertiary/aromatic N) is 9. The molecule has 3 aromatic heterocycles. The molecule has 3 fully saturated rings. The topological polar surface area (TPSA) is 340 Å². The number of carbonyl (C=O) groups excluding carboxylic acids is 3. The minimum atomic E-state index is -1.24. The SMILES string of the molecule is COC(=O)C1=C(CN2CCO[C@H](/C=C/C(=O)O)C2)NC(c2nccs2)=N[C@H]1c1ccc(F)c(F)c1Br.COC(=O)C1=C(CN2CCO[C@H](/C=C/C(=O)O)C2)NC(c2nccs2)=N[C@H]1c1ccc(F)c(F)c1Cl.COC(=O)C1=C(CN2CCO[C@H](/C=C/C(=O)O)C2)NC(c2nccs2)=N[C@H]1c1cccc(F)c1Br. The number of benzene rings is 3. The molecule has 27 nitrogen and oxygen atoms in total. The number of hydrogen-bond donors (Lipinski definition) is 6. The summed E-state index contributed by atoms with van der Waals surface area (Å²) in [5.41, 5.74) is 2.68. The highest BCUT2D eigenvalue weighted by Crippen LogP contribution is 2.42. The number of aliphatic carboxylic acids is 3. The number of amidine groups is 3. The van der Waals surface area contributed by atoms with Crippen molar-refractivity contribution in [1.82, 2.24) is 45.6 Å². The van der Waals surface area contributed by atoms with Crippen LogP contribution in [0.3, 0.4) is 0 Å². The first-order valence-electron chi connectivity index (χ1n) is 32.1. The monoisotopic (exact) mass is 1680 g/mol. The normalized spacial score (nSPS) is 20.9. The molecular formula is C69H64Br2ClF5N12O15S3. The number of thiazole rings is 3. The van der Waals surface area contributed by atoms with Crippen LogP contribution in [0.1, 0.15) is 49.8 Å². The van der Waals surface area contributed by atoms with E-state index in [1.807, 2.05) is 20.1 Å². The van der Waals surface area contributed by atoms with E-state index in [9.17, 15) is 50.7 Å². The fourth-order valence-electron chi connectivity index (χ4n) is 11.7. The second kappa shape index (κ2) is 37.6. The number of carboxylic acid groups (broad SMARTS) is 3. The molecular weight excluding hydrogens is 1620 g/mol. The van der Waals surface area contributed by atoms with Crippen LogP contribution in [-0.2, 0) is 57.2 Å². The number of esters is 3. The van der Waals surface area contributed by atoms with Crippen molar-refractivity contribution in [2.75, 3.05) is 100 Å². The fraction of sp³-hybridized carbons (Fsp3) is 0.304. The van der Waals surface area contributed by atoms with Crippen LogP contribution in [0.2, 0.25) is 5.02 Å². The number of halogens is 8. The van der Waals surface area contributed by atoms with Gasteiger partial charge in [-0.05, 0) is 79.4 Å². The summed E-state index contributed by atoms with van der Waals surface area (Å²) in [7, 11) is 3.72. The first kappa shape index (κ1) is 80.4. The van der Waals surface area contributed by atoms with E-state index in [-0.39, 0.29) is 49.9 Å². The summed E-state index contributed by atoms with van der Waals surface area (Å²) >= 11 is 16.6. The van der Waals surface area contributed by atoms with Crippen molar-refractivity contribution >= 4 is 131 Å². The number of carboxylic acids is 3. The molecule has 6 aromatic rings. The van der Waals surface area contributed by atoms with Crippen molar-refractivity contribution in [1.29, 1.82) is 0 Å². The summed E-state index contributed by atoms with van der Waals surface area (Å²) in [5.74, 6) is -9.04. The predicted molar refractivity (Wildman–Crippen MR) is 389 cm³/mol. The van der Waals surface area contributed by atoms with E-state index in [4.69, 9.17) is 60.3 Å². The van der Waals surface area contributed by atoms with Gasteiger partial charge in [0.25, 0.3) is 0 Å². The van der Waals surface area contributed by atoms with E-state index < -0.39 is 106 Å². The molecule has 0 aliphatic carbocycles. The number of aromatic nitrogens is 3. The van der Waals surface area contributed by atoms with Gasteiger partial charge in [0.1, 0.15) is 23.9 Å². The van der Waals surface area contributed by atoms with Gasteiger partial charge in [-0.25, -0.2) is 65.7 Å². The zero-order valence-electron chi connectivity index (χ0n) is 56.4. The van der Waals surface area contributed by atoms with Gasteiger partial charge in [0.2, 0.25) is 0 Å². The molecule has 0 saturated carbocycles. The first-order valence-corrected chi connectivity index (χ1v) is 36.7. The number of carbonyl (C=O) groups is 6. The highest BCUT2D eigenvalue weighted by Gasteiger charge is 2.40. The largest absolute Gasteiger partial charge is 0.478 e. The number of ether oxygens (including phenoxy) is 6. The molecule has 3 saturated heterocycles. The molecule has 0 radical (unpaired) electrons. The van der Waals surface area contributed by atoms with Crippen LogP contribution in [-0.4, -0.2) is 217 Å². The number of hydrogen-bond acceptors (Lipinski definition) is 27. The Balaban J connectivity index is 0.000000172. The van der Waals surface area contributed by atoms with Crippen LogP contribution >= 0.6 is 77.5 Å². The van der Waals surface area contributed by atoms with Crippen molar-refractivity contribution in [3.8, 4) is 0 Å². The molecule has 12 rings (SSSR count). The van der Waals surface area contributed by atoms with E-state index in [2.05, 4.69) is 72.7 Å². The average molecular weight is 1690 g/mol. The van der Waals surface area contributed by atoms with Gasteiger partial charge in [0.15, 0.2) is 55.8 Å². The molecule has 0 amide bonds. The Morgan fingerprint density at radius 3 is 1.21 bits per heavy atom. The third kappa shape index (κ3) is 20.4. The van der Waals surface area contributed by atoms with Gasteiger partial charge in [-0.1, -0.05) is 35.9 Å². The first-order chi connectivity index (χ1) is 51.4. The quantitative estimate of drug-likeness (QED) is 0.0129. The molecule has 6 aliphatic rings. The summed E-state index contributed by atoms with van der Waals surface area (Å²) in [5, 5.41) is 42.8. The van der Waals surface area contributed by atoms with Gasteiger partial charge in [-0.15, -0.1) is 34.0 Å². The molecule has 6 N–H and O–H groups in total. The molecule has 0 bridgehead atoms. The third-order valence-corrected chi connectivity index (χ3v) is 20.9.